The average molecular weight is 454 g/mol. The second-order valence-corrected chi connectivity index (χ2v) is 7.42. The molecule has 2 atom stereocenters. The van der Waals surface area contributed by atoms with E-state index >= 15 is 0 Å². The van der Waals surface area contributed by atoms with E-state index in [9.17, 15) is 4.79 Å². The van der Waals surface area contributed by atoms with Crippen LogP contribution in [0.25, 0.3) is 0 Å². The van der Waals surface area contributed by atoms with Gasteiger partial charge in [0.2, 0.25) is 0 Å². The van der Waals surface area contributed by atoms with Gasteiger partial charge in [0, 0.05) is 48.7 Å². The number of benzene rings is 1. The first-order chi connectivity index (χ1) is 13.7. The first-order valence-corrected chi connectivity index (χ1v) is 10.1. The quantitative estimate of drug-likeness (QED) is 0.718. The fourth-order valence-electron chi connectivity index (χ4n) is 3.98. The molecule has 2 aromatic rings. The third-order valence-corrected chi connectivity index (χ3v) is 5.42. The highest BCUT2D eigenvalue weighted by Gasteiger charge is 2.31. The van der Waals surface area contributed by atoms with Crippen molar-refractivity contribution in [1.29, 1.82) is 0 Å². The second-order valence-electron chi connectivity index (χ2n) is 7.42. The molecule has 0 spiro atoms. The molecule has 2 unspecified atom stereocenters. The van der Waals surface area contributed by atoms with Crippen LogP contribution in [0.1, 0.15) is 42.1 Å². The van der Waals surface area contributed by atoms with Crippen molar-refractivity contribution < 1.29 is 14.3 Å². The van der Waals surface area contributed by atoms with E-state index in [1.54, 1.807) is 18.5 Å². The second kappa shape index (κ2) is 11.4. The Morgan fingerprint density at radius 1 is 1.13 bits per heavy atom. The van der Waals surface area contributed by atoms with Gasteiger partial charge in [0.25, 0.3) is 5.91 Å². The maximum atomic E-state index is 13.1. The van der Waals surface area contributed by atoms with Crippen LogP contribution < -0.4 is 14.8 Å². The van der Waals surface area contributed by atoms with Gasteiger partial charge in [-0.15, -0.1) is 24.8 Å². The van der Waals surface area contributed by atoms with Crippen LogP contribution >= 0.6 is 24.8 Å². The predicted molar refractivity (Wildman–Crippen MR) is 121 cm³/mol. The molecule has 0 radical (unpaired) electrons. The maximum Gasteiger partial charge on any atom is 0.254 e. The lowest BCUT2D eigenvalue weighted by Gasteiger charge is -2.24. The summed E-state index contributed by atoms with van der Waals surface area (Å²) in [6, 6.07) is 10.3. The molecule has 2 fully saturated rings. The number of nitrogens with one attached hydrogen (secondary N) is 1. The molecule has 6 nitrogen and oxygen atoms in total. The van der Waals surface area contributed by atoms with Crippen LogP contribution in [0.2, 0.25) is 0 Å². The van der Waals surface area contributed by atoms with Crippen LogP contribution in [0.15, 0.2) is 42.7 Å². The fourth-order valence-corrected chi connectivity index (χ4v) is 3.98. The van der Waals surface area contributed by atoms with Crippen LogP contribution in [0.3, 0.4) is 0 Å². The SMILES string of the molecule is CCOc1cc(C(=O)N2CCC3CCC(C2)N3)ccc1OCc1cccnc1.Cl.Cl. The van der Waals surface area contributed by atoms with Gasteiger partial charge < -0.3 is 19.7 Å². The van der Waals surface area contributed by atoms with Crippen molar-refractivity contribution >= 4 is 30.7 Å². The number of carbonyl (C=O) groups is 1. The Balaban J connectivity index is 0.00000160. The topological polar surface area (TPSA) is 63.7 Å². The van der Waals surface area contributed by atoms with E-state index in [1.807, 2.05) is 36.1 Å². The van der Waals surface area contributed by atoms with Crippen molar-refractivity contribution in [3.63, 3.8) is 0 Å². The number of fused-ring (bicyclic) bond motifs is 2. The van der Waals surface area contributed by atoms with Crippen molar-refractivity contribution in [2.24, 2.45) is 0 Å². The van der Waals surface area contributed by atoms with Gasteiger partial charge >= 0.3 is 0 Å². The van der Waals surface area contributed by atoms with Crippen LogP contribution in [-0.2, 0) is 6.61 Å². The number of likely N-dealkylation sites (tertiary alicyclic amines) is 1. The number of aromatic nitrogens is 1. The summed E-state index contributed by atoms with van der Waals surface area (Å²) in [7, 11) is 0. The molecule has 164 valence electrons. The van der Waals surface area contributed by atoms with Gasteiger partial charge in [-0.2, -0.15) is 0 Å². The first-order valence-electron chi connectivity index (χ1n) is 10.1. The minimum Gasteiger partial charge on any atom is -0.490 e. The van der Waals surface area contributed by atoms with Crippen molar-refractivity contribution in [3.05, 3.63) is 53.9 Å². The average Bonchev–Trinajstić information content (AvgIpc) is 3.06. The van der Waals surface area contributed by atoms with Crippen LogP contribution in [0.4, 0.5) is 0 Å². The van der Waals surface area contributed by atoms with Crippen molar-refractivity contribution in [2.75, 3.05) is 19.7 Å². The van der Waals surface area contributed by atoms with Crippen molar-refractivity contribution in [3.8, 4) is 11.5 Å². The summed E-state index contributed by atoms with van der Waals surface area (Å²) in [5.41, 5.74) is 1.63. The third-order valence-electron chi connectivity index (χ3n) is 5.42. The number of halogens is 2. The molecule has 1 aromatic heterocycles. The van der Waals surface area contributed by atoms with E-state index < -0.39 is 0 Å². The summed E-state index contributed by atoms with van der Waals surface area (Å²) in [6.45, 7) is 4.42. The van der Waals surface area contributed by atoms with Crippen LogP contribution in [0, 0.1) is 0 Å². The van der Waals surface area contributed by atoms with E-state index in [-0.39, 0.29) is 30.7 Å². The molecular weight excluding hydrogens is 425 g/mol. The Labute approximate surface area is 190 Å². The number of nitrogens with zero attached hydrogens (tertiary/aromatic N) is 2. The molecular formula is C22H29Cl2N3O3. The highest BCUT2D eigenvalue weighted by molar-refractivity contribution is 5.95. The Kier molecular flexibility index (Phi) is 9.21. The number of hydrogen-bond acceptors (Lipinski definition) is 5. The van der Waals surface area contributed by atoms with E-state index in [0.29, 0.717) is 42.4 Å². The lowest BCUT2D eigenvalue weighted by Crippen LogP contribution is -2.39. The molecule has 2 aliphatic heterocycles. The molecule has 1 N–H and O–H groups in total. The Hall–Kier alpha value is -2.02. The number of pyridine rings is 1. The normalized spacial score (nSPS) is 19.8. The van der Waals surface area contributed by atoms with E-state index in [4.69, 9.17) is 9.47 Å². The number of hydrogen-bond donors (Lipinski definition) is 1. The van der Waals surface area contributed by atoms with Gasteiger partial charge in [0.1, 0.15) is 6.61 Å². The Morgan fingerprint density at radius 2 is 1.97 bits per heavy atom. The number of carbonyl (C=O) groups excluding carboxylic acids is 1. The maximum absolute atomic E-state index is 13.1. The molecule has 8 heteroatoms. The first kappa shape index (κ1) is 24.3. The monoisotopic (exact) mass is 453 g/mol. The molecule has 4 rings (SSSR count). The summed E-state index contributed by atoms with van der Waals surface area (Å²) in [5.74, 6) is 1.31. The largest absolute Gasteiger partial charge is 0.490 e. The number of amides is 1. The highest BCUT2D eigenvalue weighted by Crippen LogP contribution is 2.30. The zero-order valence-corrected chi connectivity index (χ0v) is 18.7. The van der Waals surface area contributed by atoms with Gasteiger partial charge in [-0.05, 0) is 50.5 Å². The van der Waals surface area contributed by atoms with Gasteiger partial charge in [-0.3, -0.25) is 9.78 Å². The summed E-state index contributed by atoms with van der Waals surface area (Å²) < 4.78 is 11.7. The lowest BCUT2D eigenvalue weighted by atomic mass is 10.1. The molecule has 0 aliphatic carbocycles. The van der Waals surface area contributed by atoms with Gasteiger partial charge in [-0.25, -0.2) is 0 Å². The zero-order chi connectivity index (χ0) is 19.3. The summed E-state index contributed by atoms with van der Waals surface area (Å²) in [5, 5.41) is 3.62. The summed E-state index contributed by atoms with van der Waals surface area (Å²) >= 11 is 0. The van der Waals surface area contributed by atoms with Crippen LogP contribution in [0.5, 0.6) is 11.5 Å². The molecule has 0 saturated carbocycles. The predicted octanol–water partition coefficient (Wildman–Crippen LogP) is 3.87. The lowest BCUT2D eigenvalue weighted by molar-refractivity contribution is 0.0747. The number of ether oxygens (including phenoxy) is 2. The van der Waals surface area contributed by atoms with E-state index in [1.165, 1.54) is 6.42 Å². The highest BCUT2D eigenvalue weighted by atomic mass is 35.5. The smallest absolute Gasteiger partial charge is 0.254 e. The standard InChI is InChI=1S/C22H27N3O3.2ClH/c1-2-27-21-12-17(5-8-20(21)28-15-16-4-3-10-23-13-16)22(26)25-11-9-18-6-7-19(14-25)24-18;;/h3-5,8,10,12-13,18-19,24H,2,6-7,9,11,14-15H2,1H3;2*1H. The van der Waals surface area contributed by atoms with Crippen LogP contribution in [-0.4, -0.2) is 47.6 Å². The molecule has 2 bridgehead atoms. The minimum absolute atomic E-state index is 0. The summed E-state index contributed by atoms with van der Waals surface area (Å²) in [4.78, 5) is 19.1. The molecule has 2 saturated heterocycles. The molecule has 3 heterocycles. The summed E-state index contributed by atoms with van der Waals surface area (Å²) in [6.07, 6.45) is 6.91. The number of rotatable bonds is 6. The van der Waals surface area contributed by atoms with Crippen molar-refractivity contribution in [2.45, 2.75) is 44.9 Å². The van der Waals surface area contributed by atoms with Crippen molar-refractivity contribution in [1.82, 2.24) is 15.2 Å². The third kappa shape index (κ3) is 5.78. The van der Waals surface area contributed by atoms with E-state index in [0.717, 1.165) is 31.5 Å². The van der Waals surface area contributed by atoms with E-state index in [2.05, 4.69) is 10.3 Å². The van der Waals surface area contributed by atoms with Gasteiger partial charge in [0.15, 0.2) is 11.5 Å². The molecule has 1 amide bonds. The van der Waals surface area contributed by atoms with Gasteiger partial charge in [0.05, 0.1) is 6.61 Å². The molecule has 30 heavy (non-hydrogen) atoms. The zero-order valence-electron chi connectivity index (χ0n) is 17.1. The Bertz CT molecular complexity index is 823. The minimum atomic E-state index is 0. The molecule has 1 aromatic carbocycles. The fraction of sp³-hybridized carbons (Fsp3) is 0.455. The molecule has 2 aliphatic rings. The Morgan fingerprint density at radius 3 is 2.73 bits per heavy atom. The van der Waals surface area contributed by atoms with Gasteiger partial charge in [-0.1, -0.05) is 6.07 Å².